The van der Waals surface area contributed by atoms with E-state index in [-0.39, 0.29) is 0 Å². The van der Waals surface area contributed by atoms with Gasteiger partial charge in [0, 0.05) is 42.9 Å². The van der Waals surface area contributed by atoms with Gasteiger partial charge >= 0.3 is 0 Å². The zero-order valence-corrected chi connectivity index (χ0v) is 13.8. The molecule has 0 aromatic heterocycles. The Balaban J connectivity index is 1.32. The summed E-state index contributed by atoms with van der Waals surface area (Å²) >= 11 is 2.01. The van der Waals surface area contributed by atoms with Gasteiger partial charge in [0.25, 0.3) is 0 Å². The van der Waals surface area contributed by atoms with Gasteiger partial charge in [-0.2, -0.15) is 11.8 Å². The molecule has 1 unspecified atom stereocenters. The third-order valence-corrected chi connectivity index (χ3v) is 5.13. The lowest BCUT2D eigenvalue weighted by Crippen LogP contribution is -2.33. The number of benzene rings is 2. The lowest BCUT2D eigenvalue weighted by atomic mass is 10.2. The van der Waals surface area contributed by atoms with Crippen molar-refractivity contribution in [3.63, 3.8) is 0 Å². The van der Waals surface area contributed by atoms with Crippen LogP contribution in [0.1, 0.15) is 12.0 Å². The number of nitrogens with zero attached hydrogens (tertiary/aromatic N) is 1. The Bertz CT molecular complexity index is 544. The van der Waals surface area contributed by atoms with Crippen LogP contribution in [0.5, 0.6) is 0 Å². The normalized spacial score (nSPS) is 17.8. The molecule has 1 saturated heterocycles. The molecule has 2 nitrogen and oxygen atoms in total. The van der Waals surface area contributed by atoms with Crippen LogP contribution in [0.4, 0.5) is 5.69 Å². The van der Waals surface area contributed by atoms with E-state index in [2.05, 4.69) is 70.9 Å². The maximum atomic E-state index is 3.71. The standard InChI is InChI=1S/C19H24N2S/c1-3-7-17(8-4-1)16-22-14-12-20-18-11-13-21(15-18)19-9-5-2-6-10-19/h1-10,18,20H,11-16H2. The van der Waals surface area contributed by atoms with Crippen LogP contribution in [-0.4, -0.2) is 31.4 Å². The number of rotatable bonds is 7. The van der Waals surface area contributed by atoms with Gasteiger partial charge in [-0.15, -0.1) is 0 Å². The van der Waals surface area contributed by atoms with Gasteiger partial charge in [0.05, 0.1) is 0 Å². The second-order valence-corrected chi connectivity index (χ2v) is 6.86. The first-order valence-corrected chi connectivity index (χ1v) is 9.22. The van der Waals surface area contributed by atoms with Crippen molar-refractivity contribution < 1.29 is 0 Å². The van der Waals surface area contributed by atoms with E-state index in [1.807, 2.05) is 11.8 Å². The molecule has 3 heteroatoms. The monoisotopic (exact) mass is 312 g/mol. The van der Waals surface area contributed by atoms with Crippen molar-refractivity contribution in [2.75, 3.05) is 30.3 Å². The van der Waals surface area contributed by atoms with Crippen LogP contribution < -0.4 is 10.2 Å². The molecule has 116 valence electrons. The van der Waals surface area contributed by atoms with Crippen LogP contribution in [0.3, 0.4) is 0 Å². The lowest BCUT2D eigenvalue weighted by Gasteiger charge is -2.19. The summed E-state index contributed by atoms with van der Waals surface area (Å²) in [7, 11) is 0. The summed E-state index contributed by atoms with van der Waals surface area (Å²) in [6.07, 6.45) is 1.25. The number of hydrogen-bond donors (Lipinski definition) is 1. The summed E-state index contributed by atoms with van der Waals surface area (Å²) in [5.41, 5.74) is 2.77. The molecule has 0 aliphatic carbocycles. The van der Waals surface area contributed by atoms with Crippen LogP contribution in [0.15, 0.2) is 60.7 Å². The molecule has 1 fully saturated rings. The van der Waals surface area contributed by atoms with Gasteiger partial charge in [-0.05, 0) is 24.1 Å². The molecule has 1 heterocycles. The fraction of sp³-hybridized carbons (Fsp3) is 0.368. The Kier molecular flexibility index (Phi) is 5.79. The Morgan fingerprint density at radius 2 is 1.73 bits per heavy atom. The highest BCUT2D eigenvalue weighted by Gasteiger charge is 2.21. The predicted octanol–water partition coefficient (Wildman–Crippen LogP) is 3.79. The van der Waals surface area contributed by atoms with Crippen LogP contribution in [0, 0.1) is 0 Å². The highest BCUT2D eigenvalue weighted by Crippen LogP contribution is 2.19. The second-order valence-electron chi connectivity index (χ2n) is 5.76. The lowest BCUT2D eigenvalue weighted by molar-refractivity contribution is 0.574. The first kappa shape index (κ1) is 15.4. The van der Waals surface area contributed by atoms with Crippen molar-refractivity contribution in [2.45, 2.75) is 18.2 Å². The number of nitrogens with one attached hydrogen (secondary N) is 1. The first-order chi connectivity index (χ1) is 10.9. The van der Waals surface area contributed by atoms with Gasteiger partial charge in [-0.3, -0.25) is 0 Å². The molecule has 2 aromatic rings. The van der Waals surface area contributed by atoms with Crippen molar-refractivity contribution >= 4 is 17.4 Å². The van der Waals surface area contributed by atoms with Crippen LogP contribution in [-0.2, 0) is 5.75 Å². The molecule has 3 rings (SSSR count). The summed E-state index contributed by atoms with van der Waals surface area (Å²) in [6.45, 7) is 3.40. The Morgan fingerprint density at radius 3 is 2.50 bits per heavy atom. The van der Waals surface area contributed by atoms with Gasteiger partial charge in [0.15, 0.2) is 0 Å². The first-order valence-electron chi connectivity index (χ1n) is 8.07. The Hall–Kier alpha value is -1.45. The molecule has 0 amide bonds. The van der Waals surface area contributed by atoms with Crippen molar-refractivity contribution in [3.8, 4) is 0 Å². The van der Waals surface area contributed by atoms with Crippen LogP contribution in [0.2, 0.25) is 0 Å². The fourth-order valence-electron chi connectivity index (χ4n) is 2.90. The summed E-state index contributed by atoms with van der Waals surface area (Å²) in [4.78, 5) is 2.48. The van der Waals surface area contributed by atoms with Crippen molar-refractivity contribution in [2.24, 2.45) is 0 Å². The van der Waals surface area contributed by atoms with Gasteiger partial charge < -0.3 is 10.2 Å². The molecule has 22 heavy (non-hydrogen) atoms. The van der Waals surface area contributed by atoms with E-state index in [1.165, 1.54) is 30.0 Å². The molecular formula is C19H24N2S. The molecule has 1 N–H and O–H groups in total. The molecule has 1 aliphatic heterocycles. The third kappa shape index (κ3) is 4.52. The number of thioether (sulfide) groups is 1. The minimum Gasteiger partial charge on any atom is -0.370 e. The van der Waals surface area contributed by atoms with E-state index in [9.17, 15) is 0 Å². The van der Waals surface area contributed by atoms with E-state index in [0.717, 1.165) is 18.8 Å². The van der Waals surface area contributed by atoms with Crippen LogP contribution in [0.25, 0.3) is 0 Å². The van der Waals surface area contributed by atoms with E-state index in [0.29, 0.717) is 6.04 Å². The zero-order valence-electron chi connectivity index (χ0n) is 12.9. The minimum atomic E-state index is 0.637. The van der Waals surface area contributed by atoms with Gasteiger partial charge in [0.1, 0.15) is 0 Å². The molecule has 0 radical (unpaired) electrons. The molecule has 1 aliphatic rings. The number of anilines is 1. The molecule has 0 saturated carbocycles. The molecule has 0 spiro atoms. The molecular weight excluding hydrogens is 288 g/mol. The smallest absolute Gasteiger partial charge is 0.0366 e. The number of para-hydroxylation sites is 1. The van der Waals surface area contributed by atoms with Crippen LogP contribution >= 0.6 is 11.8 Å². The largest absolute Gasteiger partial charge is 0.370 e. The zero-order chi connectivity index (χ0) is 15.0. The highest BCUT2D eigenvalue weighted by atomic mass is 32.2. The predicted molar refractivity (Wildman–Crippen MR) is 97.7 cm³/mol. The average Bonchev–Trinajstić information content (AvgIpc) is 3.05. The minimum absolute atomic E-state index is 0.637. The highest BCUT2D eigenvalue weighted by molar-refractivity contribution is 7.98. The van der Waals surface area contributed by atoms with E-state index in [4.69, 9.17) is 0 Å². The SMILES string of the molecule is c1ccc(CSCCNC2CCN(c3ccccc3)C2)cc1. The summed E-state index contributed by atoms with van der Waals surface area (Å²) in [5.74, 6) is 2.29. The van der Waals surface area contributed by atoms with E-state index in [1.54, 1.807) is 0 Å². The third-order valence-electron chi connectivity index (χ3n) is 4.10. The van der Waals surface area contributed by atoms with Gasteiger partial charge in [-0.25, -0.2) is 0 Å². The van der Waals surface area contributed by atoms with Crippen molar-refractivity contribution in [1.82, 2.24) is 5.32 Å². The summed E-state index contributed by atoms with van der Waals surface area (Å²) in [6, 6.07) is 22.1. The molecule has 1 atom stereocenters. The fourth-order valence-corrected chi connectivity index (χ4v) is 3.73. The average molecular weight is 312 g/mol. The van der Waals surface area contributed by atoms with E-state index >= 15 is 0 Å². The second kappa shape index (κ2) is 8.25. The summed E-state index contributed by atoms with van der Waals surface area (Å²) in [5, 5.41) is 3.71. The Labute approximate surface area is 137 Å². The quantitative estimate of drug-likeness (QED) is 0.783. The maximum absolute atomic E-state index is 3.71. The van der Waals surface area contributed by atoms with Gasteiger partial charge in [0.2, 0.25) is 0 Å². The molecule has 0 bridgehead atoms. The van der Waals surface area contributed by atoms with E-state index < -0.39 is 0 Å². The van der Waals surface area contributed by atoms with Crippen molar-refractivity contribution in [1.29, 1.82) is 0 Å². The maximum Gasteiger partial charge on any atom is 0.0366 e. The molecule has 2 aromatic carbocycles. The Morgan fingerprint density at radius 1 is 1.00 bits per heavy atom. The van der Waals surface area contributed by atoms with Crippen molar-refractivity contribution in [3.05, 3.63) is 66.2 Å². The summed E-state index contributed by atoms with van der Waals surface area (Å²) < 4.78 is 0. The topological polar surface area (TPSA) is 15.3 Å². The number of hydrogen-bond acceptors (Lipinski definition) is 3. The van der Waals surface area contributed by atoms with Gasteiger partial charge in [-0.1, -0.05) is 48.5 Å².